The van der Waals surface area contributed by atoms with Gasteiger partial charge in [-0.05, 0) is 78.7 Å². The first-order valence-corrected chi connectivity index (χ1v) is 12.0. The number of halogens is 1. The van der Waals surface area contributed by atoms with E-state index in [4.69, 9.17) is 14.5 Å². The van der Waals surface area contributed by atoms with Crippen LogP contribution in [0.25, 0.3) is 20.8 Å². The monoisotopic (exact) mass is 482 g/mol. The van der Waals surface area contributed by atoms with Crippen LogP contribution >= 0.6 is 11.3 Å². The molecule has 174 valence electrons. The molecule has 35 heavy (non-hydrogen) atoms. The van der Waals surface area contributed by atoms with Crippen LogP contribution in [0.5, 0.6) is 11.5 Å². The Morgan fingerprint density at radius 2 is 1.77 bits per heavy atom. The van der Waals surface area contributed by atoms with Crippen molar-refractivity contribution in [3.05, 3.63) is 107 Å². The first kappa shape index (κ1) is 22.7. The van der Waals surface area contributed by atoms with Gasteiger partial charge in [-0.25, -0.2) is 9.37 Å². The van der Waals surface area contributed by atoms with Gasteiger partial charge in [0.05, 0.1) is 23.0 Å². The first-order valence-electron chi connectivity index (χ1n) is 11.1. The molecule has 0 bridgehead atoms. The van der Waals surface area contributed by atoms with Gasteiger partial charge in [0.25, 0.3) is 0 Å². The molecule has 1 aromatic heterocycles. The van der Waals surface area contributed by atoms with Gasteiger partial charge in [-0.15, -0.1) is 11.3 Å². The Balaban J connectivity index is 1.28. The lowest BCUT2D eigenvalue weighted by molar-refractivity contribution is 0.279. The van der Waals surface area contributed by atoms with Gasteiger partial charge in [0.2, 0.25) is 0 Å². The van der Waals surface area contributed by atoms with Crippen molar-refractivity contribution >= 4 is 33.5 Å². The molecule has 4 aromatic carbocycles. The fourth-order valence-electron chi connectivity index (χ4n) is 3.65. The van der Waals surface area contributed by atoms with Crippen LogP contribution in [0.3, 0.4) is 0 Å². The number of hydrogen-bond acceptors (Lipinski definition) is 5. The minimum atomic E-state index is -0.292. The van der Waals surface area contributed by atoms with Crippen molar-refractivity contribution in [3.63, 3.8) is 0 Å². The summed E-state index contributed by atoms with van der Waals surface area (Å²) in [6.07, 6.45) is 1.78. The van der Waals surface area contributed by atoms with Crippen LogP contribution in [0.4, 0.5) is 10.1 Å². The third kappa shape index (κ3) is 5.23. The van der Waals surface area contributed by atoms with Crippen LogP contribution in [0.2, 0.25) is 0 Å². The zero-order valence-corrected chi connectivity index (χ0v) is 20.2. The first-order chi connectivity index (χ1) is 17.1. The molecule has 0 unspecified atom stereocenters. The Morgan fingerprint density at radius 3 is 2.57 bits per heavy atom. The minimum absolute atomic E-state index is 0.122. The number of fused-ring (bicyclic) bond motifs is 1. The maximum atomic E-state index is 13.9. The maximum Gasteiger partial charge on any atom is 0.161 e. The van der Waals surface area contributed by atoms with Gasteiger partial charge in [-0.3, -0.25) is 4.99 Å². The van der Waals surface area contributed by atoms with E-state index in [0.717, 1.165) is 27.3 Å². The van der Waals surface area contributed by atoms with E-state index in [-0.39, 0.29) is 12.4 Å². The summed E-state index contributed by atoms with van der Waals surface area (Å²) in [5.41, 5.74) is 5.52. The van der Waals surface area contributed by atoms with Gasteiger partial charge < -0.3 is 9.47 Å². The number of aromatic nitrogens is 1. The molecule has 0 aliphatic carbocycles. The molecule has 4 nitrogen and oxygen atoms in total. The largest absolute Gasteiger partial charge is 0.493 e. The Labute approximate surface area is 207 Å². The van der Waals surface area contributed by atoms with Crippen LogP contribution in [-0.4, -0.2) is 18.3 Å². The minimum Gasteiger partial charge on any atom is -0.493 e. The standard InChI is InChI=1S/C29H23FN2O2S/c1-19-7-13-25-28(15-19)35-29(32-25)21-9-11-23(12-10-21)31-17-20-8-14-26(27(16-20)33-2)34-18-22-5-3-4-6-24(22)30/h3-17H,18H2,1-2H3. The number of thiazole rings is 1. The van der Waals surface area contributed by atoms with E-state index in [1.807, 2.05) is 36.4 Å². The summed E-state index contributed by atoms with van der Waals surface area (Å²) in [5.74, 6) is 0.814. The molecule has 6 heteroatoms. The summed E-state index contributed by atoms with van der Waals surface area (Å²) in [7, 11) is 1.58. The van der Waals surface area contributed by atoms with E-state index in [1.165, 1.54) is 16.3 Å². The predicted molar refractivity (Wildman–Crippen MR) is 141 cm³/mol. The molecular formula is C29H23FN2O2S. The number of aryl methyl sites for hydroxylation is 1. The van der Waals surface area contributed by atoms with Crippen molar-refractivity contribution in [2.45, 2.75) is 13.5 Å². The van der Waals surface area contributed by atoms with Crippen molar-refractivity contribution in [2.75, 3.05) is 7.11 Å². The molecule has 0 saturated heterocycles. The molecule has 1 heterocycles. The summed E-state index contributed by atoms with van der Waals surface area (Å²) in [6.45, 7) is 2.21. The van der Waals surface area contributed by atoms with Crippen molar-refractivity contribution in [1.82, 2.24) is 4.98 Å². The lowest BCUT2D eigenvalue weighted by Crippen LogP contribution is -2.00. The molecule has 0 atom stereocenters. The van der Waals surface area contributed by atoms with E-state index >= 15 is 0 Å². The zero-order valence-electron chi connectivity index (χ0n) is 19.4. The molecule has 5 rings (SSSR count). The second-order valence-corrected chi connectivity index (χ2v) is 9.12. The van der Waals surface area contributed by atoms with E-state index in [2.05, 4.69) is 30.1 Å². The van der Waals surface area contributed by atoms with E-state index < -0.39 is 0 Å². The Bertz CT molecular complexity index is 1510. The second kappa shape index (κ2) is 10.1. The Kier molecular flexibility index (Phi) is 6.55. The molecule has 5 aromatic rings. The van der Waals surface area contributed by atoms with Gasteiger partial charge in [-0.1, -0.05) is 24.3 Å². The maximum absolute atomic E-state index is 13.9. The van der Waals surface area contributed by atoms with Gasteiger partial charge in [-0.2, -0.15) is 0 Å². The number of nitrogens with zero attached hydrogens (tertiary/aromatic N) is 2. The normalized spacial score (nSPS) is 11.3. The molecular weight excluding hydrogens is 459 g/mol. The number of rotatable bonds is 7. The molecule has 0 aliphatic rings. The zero-order chi connectivity index (χ0) is 24.2. The fraction of sp³-hybridized carbons (Fsp3) is 0.103. The van der Waals surface area contributed by atoms with Crippen LogP contribution in [0.1, 0.15) is 16.7 Å². The van der Waals surface area contributed by atoms with Crippen LogP contribution in [0.15, 0.2) is 89.9 Å². The van der Waals surface area contributed by atoms with Gasteiger partial charge in [0, 0.05) is 17.3 Å². The number of methoxy groups -OCH3 is 1. The third-order valence-electron chi connectivity index (χ3n) is 5.55. The van der Waals surface area contributed by atoms with Gasteiger partial charge in [0.15, 0.2) is 11.5 Å². The van der Waals surface area contributed by atoms with Crippen LogP contribution in [0, 0.1) is 12.7 Å². The highest BCUT2D eigenvalue weighted by molar-refractivity contribution is 7.21. The average molecular weight is 483 g/mol. The predicted octanol–water partition coefficient (Wildman–Crippen LogP) is 7.75. The Hall–Kier alpha value is -4.03. The lowest BCUT2D eigenvalue weighted by atomic mass is 10.2. The Morgan fingerprint density at radius 1 is 0.943 bits per heavy atom. The summed E-state index contributed by atoms with van der Waals surface area (Å²) >= 11 is 1.69. The summed E-state index contributed by atoms with van der Waals surface area (Å²) < 4.78 is 26.3. The molecule has 0 amide bonds. The number of ether oxygens (including phenoxy) is 2. The third-order valence-corrected chi connectivity index (χ3v) is 6.62. The highest BCUT2D eigenvalue weighted by atomic mass is 32.1. The smallest absolute Gasteiger partial charge is 0.161 e. The molecule has 0 radical (unpaired) electrons. The molecule has 0 aliphatic heterocycles. The average Bonchev–Trinajstić information content (AvgIpc) is 3.31. The molecule has 0 spiro atoms. The van der Waals surface area contributed by atoms with Gasteiger partial charge >= 0.3 is 0 Å². The summed E-state index contributed by atoms with van der Waals surface area (Å²) in [5, 5.41) is 0.997. The lowest BCUT2D eigenvalue weighted by Gasteiger charge is -2.11. The van der Waals surface area contributed by atoms with E-state index in [1.54, 1.807) is 48.9 Å². The van der Waals surface area contributed by atoms with Crippen LogP contribution in [-0.2, 0) is 6.61 Å². The SMILES string of the molecule is COc1cc(C=Nc2ccc(-c3nc4ccc(C)cc4s3)cc2)ccc1OCc1ccccc1F. The van der Waals surface area contributed by atoms with E-state index in [9.17, 15) is 4.39 Å². The number of benzene rings is 4. The highest BCUT2D eigenvalue weighted by Gasteiger charge is 2.09. The van der Waals surface area contributed by atoms with E-state index in [0.29, 0.717) is 17.1 Å². The quantitative estimate of drug-likeness (QED) is 0.223. The second-order valence-electron chi connectivity index (χ2n) is 8.09. The highest BCUT2D eigenvalue weighted by Crippen LogP contribution is 2.32. The van der Waals surface area contributed by atoms with Crippen molar-refractivity contribution in [1.29, 1.82) is 0 Å². The molecule has 0 fully saturated rings. The molecule has 0 saturated carbocycles. The molecule has 0 N–H and O–H groups in total. The topological polar surface area (TPSA) is 43.7 Å². The van der Waals surface area contributed by atoms with Crippen molar-refractivity contribution in [2.24, 2.45) is 4.99 Å². The van der Waals surface area contributed by atoms with Crippen molar-refractivity contribution < 1.29 is 13.9 Å². The summed E-state index contributed by atoms with van der Waals surface area (Å²) in [4.78, 5) is 9.34. The number of aliphatic imine (C=N–C) groups is 1. The summed E-state index contributed by atoms with van der Waals surface area (Å²) in [6, 6.07) is 26.4. The van der Waals surface area contributed by atoms with Crippen molar-refractivity contribution in [3.8, 4) is 22.1 Å². The van der Waals surface area contributed by atoms with Gasteiger partial charge in [0.1, 0.15) is 17.4 Å². The van der Waals surface area contributed by atoms with Crippen LogP contribution < -0.4 is 9.47 Å². The fourth-order valence-corrected chi connectivity index (χ4v) is 4.72. The number of hydrogen-bond donors (Lipinski definition) is 0.